The van der Waals surface area contributed by atoms with Gasteiger partial charge in [0.05, 0.1) is 13.1 Å². The van der Waals surface area contributed by atoms with Crippen LogP contribution < -0.4 is 5.06 Å². The molecule has 0 saturated heterocycles. The highest BCUT2D eigenvalue weighted by molar-refractivity contribution is 4.77. The van der Waals surface area contributed by atoms with Crippen LogP contribution >= 0.6 is 0 Å². The fourth-order valence-corrected chi connectivity index (χ4v) is 1.40. The number of hydroxylamine groups is 2. The van der Waals surface area contributed by atoms with Crippen LogP contribution in [-0.4, -0.2) is 13.1 Å². The van der Waals surface area contributed by atoms with E-state index >= 15 is 0 Å². The highest BCUT2D eigenvalue weighted by atomic mass is 16.5. The van der Waals surface area contributed by atoms with E-state index in [1.807, 2.05) is 0 Å². The average molecular weight is 129 g/mol. The van der Waals surface area contributed by atoms with E-state index in [0.717, 1.165) is 18.8 Å². The van der Waals surface area contributed by atoms with Gasteiger partial charge in [0.25, 0.3) is 0 Å². The zero-order chi connectivity index (χ0) is 6.85. The Morgan fingerprint density at radius 2 is 2.11 bits per heavy atom. The molecule has 0 amide bonds. The predicted molar refractivity (Wildman–Crippen MR) is 37.1 cm³/mol. The summed E-state index contributed by atoms with van der Waals surface area (Å²) >= 11 is 0. The molecule has 54 valence electrons. The van der Waals surface area contributed by atoms with Crippen LogP contribution in [0, 0.1) is 11.1 Å². The van der Waals surface area contributed by atoms with Crippen molar-refractivity contribution < 1.29 is 5.06 Å². The van der Waals surface area contributed by atoms with Gasteiger partial charge < -0.3 is 10.3 Å². The van der Waals surface area contributed by atoms with Gasteiger partial charge in [-0.2, -0.15) is 0 Å². The van der Waals surface area contributed by atoms with E-state index in [9.17, 15) is 5.21 Å². The van der Waals surface area contributed by atoms with Gasteiger partial charge in [-0.1, -0.05) is 13.3 Å². The number of nitrogens with one attached hydrogen (secondary N) is 1. The second-order valence-electron chi connectivity index (χ2n) is 3.05. The van der Waals surface area contributed by atoms with Gasteiger partial charge in [0, 0.05) is 12.8 Å². The van der Waals surface area contributed by atoms with Gasteiger partial charge in [-0.25, -0.2) is 0 Å². The summed E-state index contributed by atoms with van der Waals surface area (Å²) in [5.41, 5.74) is 0. The average Bonchev–Trinajstić information content (AvgIpc) is 1.61. The lowest BCUT2D eigenvalue weighted by molar-refractivity contribution is -0.863. The number of hydrogen-bond donors (Lipinski definition) is 1. The number of rotatable bonds is 2. The van der Waals surface area contributed by atoms with Gasteiger partial charge >= 0.3 is 0 Å². The summed E-state index contributed by atoms with van der Waals surface area (Å²) in [6.45, 7) is 2.20. The Morgan fingerprint density at radius 1 is 1.56 bits per heavy atom. The first-order valence-corrected chi connectivity index (χ1v) is 3.74. The molecule has 2 nitrogen and oxygen atoms in total. The normalized spacial score (nSPS) is 37.7. The van der Waals surface area contributed by atoms with Crippen molar-refractivity contribution in [2.24, 2.45) is 5.92 Å². The molecule has 1 aliphatic rings. The molecule has 1 N–H and O–H groups in total. The summed E-state index contributed by atoms with van der Waals surface area (Å²) < 4.78 is 0. The quantitative estimate of drug-likeness (QED) is 0.529. The SMILES string of the molecule is CCC1CC([NH+](C)[O-])C1. The maximum Gasteiger partial charge on any atom is 0.0875 e. The summed E-state index contributed by atoms with van der Waals surface area (Å²) in [7, 11) is 1.70. The maximum absolute atomic E-state index is 10.7. The lowest BCUT2D eigenvalue weighted by atomic mass is 9.79. The van der Waals surface area contributed by atoms with E-state index in [1.165, 1.54) is 6.42 Å². The molecule has 1 atom stereocenters. The summed E-state index contributed by atoms with van der Waals surface area (Å²) in [5, 5.41) is 11.1. The van der Waals surface area contributed by atoms with Crippen LogP contribution in [0.1, 0.15) is 26.2 Å². The third kappa shape index (κ3) is 1.43. The molecule has 1 aliphatic carbocycles. The van der Waals surface area contributed by atoms with Crippen LogP contribution in [0.25, 0.3) is 0 Å². The minimum absolute atomic E-state index is 0.389. The Kier molecular flexibility index (Phi) is 2.09. The fraction of sp³-hybridized carbons (Fsp3) is 1.00. The Morgan fingerprint density at radius 3 is 2.44 bits per heavy atom. The molecule has 1 unspecified atom stereocenters. The Hall–Kier alpha value is -0.0800. The third-order valence-electron chi connectivity index (χ3n) is 2.39. The molecule has 9 heavy (non-hydrogen) atoms. The van der Waals surface area contributed by atoms with Crippen LogP contribution in [0.5, 0.6) is 0 Å². The van der Waals surface area contributed by atoms with Crippen molar-refractivity contribution in [1.29, 1.82) is 0 Å². The van der Waals surface area contributed by atoms with E-state index in [-0.39, 0.29) is 0 Å². The predicted octanol–water partition coefficient (Wildman–Crippen LogP) is 0.188. The topological polar surface area (TPSA) is 27.5 Å². The summed E-state index contributed by atoms with van der Waals surface area (Å²) in [6, 6.07) is 0.426. The molecule has 1 fully saturated rings. The van der Waals surface area contributed by atoms with Crippen LogP contribution in [0.4, 0.5) is 0 Å². The summed E-state index contributed by atoms with van der Waals surface area (Å²) in [6.07, 6.45) is 3.57. The largest absolute Gasteiger partial charge is 0.634 e. The minimum atomic E-state index is 0.389. The molecule has 0 radical (unpaired) electrons. The lowest BCUT2D eigenvalue weighted by Crippen LogP contribution is -3.09. The van der Waals surface area contributed by atoms with Crippen molar-refractivity contribution >= 4 is 0 Å². The van der Waals surface area contributed by atoms with Crippen molar-refractivity contribution in [1.82, 2.24) is 0 Å². The second-order valence-corrected chi connectivity index (χ2v) is 3.05. The van der Waals surface area contributed by atoms with Crippen molar-refractivity contribution in [3.63, 3.8) is 0 Å². The summed E-state index contributed by atoms with van der Waals surface area (Å²) in [5.74, 6) is 0.860. The number of quaternary nitrogens is 1. The van der Waals surface area contributed by atoms with Gasteiger partial charge in [0.15, 0.2) is 0 Å². The third-order valence-corrected chi connectivity index (χ3v) is 2.39. The fourth-order valence-electron chi connectivity index (χ4n) is 1.40. The van der Waals surface area contributed by atoms with E-state index < -0.39 is 0 Å². The standard InChI is InChI=1S/C7H15NO/c1-3-6-4-7(5-6)8(2)9/h6-8H,3-5H2,1-2H3. The first-order chi connectivity index (χ1) is 4.24. The monoisotopic (exact) mass is 129 g/mol. The molecule has 1 rings (SSSR count). The van der Waals surface area contributed by atoms with Gasteiger partial charge in [-0.15, -0.1) is 0 Å². The second kappa shape index (κ2) is 2.67. The van der Waals surface area contributed by atoms with E-state index in [4.69, 9.17) is 0 Å². The molecule has 1 saturated carbocycles. The van der Waals surface area contributed by atoms with Crippen molar-refractivity contribution in [2.45, 2.75) is 32.2 Å². The zero-order valence-electron chi connectivity index (χ0n) is 6.18. The van der Waals surface area contributed by atoms with Crippen molar-refractivity contribution in [3.8, 4) is 0 Å². The highest BCUT2D eigenvalue weighted by Gasteiger charge is 2.30. The molecule has 0 aromatic carbocycles. The molecule has 2 heteroatoms. The Bertz CT molecular complexity index is 86.9. The lowest BCUT2D eigenvalue weighted by Gasteiger charge is -2.39. The minimum Gasteiger partial charge on any atom is -0.634 e. The molecule has 0 aliphatic heterocycles. The van der Waals surface area contributed by atoms with Crippen molar-refractivity contribution in [2.75, 3.05) is 7.05 Å². The van der Waals surface area contributed by atoms with E-state index in [1.54, 1.807) is 7.05 Å². The van der Waals surface area contributed by atoms with Crippen LogP contribution in [0.15, 0.2) is 0 Å². The van der Waals surface area contributed by atoms with Gasteiger partial charge in [0.1, 0.15) is 0 Å². The Labute approximate surface area is 56.4 Å². The molecule has 0 aromatic rings. The molecular weight excluding hydrogens is 114 g/mol. The van der Waals surface area contributed by atoms with Gasteiger partial charge in [0.2, 0.25) is 0 Å². The molecule has 0 spiro atoms. The summed E-state index contributed by atoms with van der Waals surface area (Å²) in [4.78, 5) is 0. The first-order valence-electron chi connectivity index (χ1n) is 3.74. The number of hydrogen-bond acceptors (Lipinski definition) is 1. The van der Waals surface area contributed by atoms with Crippen molar-refractivity contribution in [3.05, 3.63) is 5.21 Å². The molecule has 0 aromatic heterocycles. The van der Waals surface area contributed by atoms with Gasteiger partial charge in [-0.3, -0.25) is 0 Å². The molecule has 0 heterocycles. The first kappa shape index (κ1) is 7.03. The van der Waals surface area contributed by atoms with E-state index in [0.29, 0.717) is 11.1 Å². The smallest absolute Gasteiger partial charge is 0.0875 e. The Balaban J connectivity index is 2.12. The zero-order valence-corrected chi connectivity index (χ0v) is 6.18. The van der Waals surface area contributed by atoms with Gasteiger partial charge in [-0.05, 0) is 5.92 Å². The van der Waals surface area contributed by atoms with Crippen LogP contribution in [0.3, 0.4) is 0 Å². The van der Waals surface area contributed by atoms with E-state index in [2.05, 4.69) is 6.92 Å². The highest BCUT2D eigenvalue weighted by Crippen LogP contribution is 2.27. The molecular formula is C7H15NO. The molecule has 0 bridgehead atoms. The maximum atomic E-state index is 10.7. The van der Waals surface area contributed by atoms with Crippen LogP contribution in [-0.2, 0) is 0 Å². The van der Waals surface area contributed by atoms with Crippen LogP contribution in [0.2, 0.25) is 0 Å².